The second kappa shape index (κ2) is 4.69. The van der Waals surface area contributed by atoms with E-state index in [4.69, 9.17) is 11.5 Å². The number of nitro benzene ring substituents is 1. The SMILES string of the molecule is NC(=O)c1cc(-c2cccc([N+](=O)[O-])c2)nc(N)n1. The summed E-state index contributed by atoms with van der Waals surface area (Å²) in [5.41, 5.74) is 11.2. The van der Waals surface area contributed by atoms with Crippen molar-refractivity contribution in [3.63, 3.8) is 0 Å². The molecule has 1 heterocycles. The predicted molar refractivity (Wildman–Crippen MR) is 67.1 cm³/mol. The highest BCUT2D eigenvalue weighted by atomic mass is 16.6. The third kappa shape index (κ3) is 2.63. The fourth-order valence-corrected chi connectivity index (χ4v) is 1.52. The van der Waals surface area contributed by atoms with E-state index in [0.717, 1.165) is 0 Å². The van der Waals surface area contributed by atoms with Gasteiger partial charge < -0.3 is 11.5 Å². The molecule has 0 atom stereocenters. The molecule has 96 valence electrons. The molecule has 0 aliphatic heterocycles. The van der Waals surface area contributed by atoms with Gasteiger partial charge >= 0.3 is 0 Å². The summed E-state index contributed by atoms with van der Waals surface area (Å²) in [6.07, 6.45) is 0. The summed E-state index contributed by atoms with van der Waals surface area (Å²) < 4.78 is 0. The van der Waals surface area contributed by atoms with Gasteiger partial charge in [-0.3, -0.25) is 14.9 Å². The van der Waals surface area contributed by atoms with Crippen LogP contribution >= 0.6 is 0 Å². The zero-order valence-corrected chi connectivity index (χ0v) is 9.61. The van der Waals surface area contributed by atoms with E-state index in [1.165, 1.54) is 24.3 Å². The molecule has 0 saturated carbocycles. The van der Waals surface area contributed by atoms with Crippen molar-refractivity contribution in [2.45, 2.75) is 0 Å². The number of rotatable bonds is 3. The van der Waals surface area contributed by atoms with Crippen molar-refractivity contribution in [1.29, 1.82) is 0 Å². The summed E-state index contributed by atoms with van der Waals surface area (Å²) >= 11 is 0. The molecule has 8 heteroatoms. The maximum Gasteiger partial charge on any atom is 0.270 e. The standard InChI is InChI=1S/C11H9N5O3/c12-10(17)9-5-8(14-11(13)15-9)6-2-1-3-7(4-6)16(18)19/h1-5H,(H2,12,17)(H2,13,14,15). The number of amides is 1. The zero-order chi connectivity index (χ0) is 14.0. The number of hydrogen-bond acceptors (Lipinski definition) is 6. The van der Waals surface area contributed by atoms with E-state index in [0.29, 0.717) is 11.3 Å². The van der Waals surface area contributed by atoms with Gasteiger partial charge in [0.25, 0.3) is 11.6 Å². The van der Waals surface area contributed by atoms with Crippen LogP contribution in [0.3, 0.4) is 0 Å². The monoisotopic (exact) mass is 259 g/mol. The molecule has 0 spiro atoms. The highest BCUT2D eigenvalue weighted by molar-refractivity contribution is 5.92. The van der Waals surface area contributed by atoms with E-state index in [1.54, 1.807) is 6.07 Å². The van der Waals surface area contributed by atoms with Gasteiger partial charge in [0.2, 0.25) is 5.95 Å². The first-order chi connectivity index (χ1) is 8.97. The van der Waals surface area contributed by atoms with Gasteiger partial charge in [0.1, 0.15) is 5.69 Å². The summed E-state index contributed by atoms with van der Waals surface area (Å²) in [5, 5.41) is 10.7. The number of benzene rings is 1. The van der Waals surface area contributed by atoms with E-state index in [9.17, 15) is 14.9 Å². The maximum absolute atomic E-state index is 11.1. The number of nitrogens with zero attached hydrogens (tertiary/aromatic N) is 3. The van der Waals surface area contributed by atoms with E-state index in [-0.39, 0.29) is 17.3 Å². The number of non-ortho nitro benzene ring substituents is 1. The van der Waals surface area contributed by atoms with E-state index in [1.807, 2.05) is 0 Å². The van der Waals surface area contributed by atoms with Gasteiger partial charge in [-0.05, 0) is 6.07 Å². The van der Waals surface area contributed by atoms with Crippen LogP contribution in [0.1, 0.15) is 10.5 Å². The first-order valence-corrected chi connectivity index (χ1v) is 5.16. The number of carbonyl (C=O) groups excluding carboxylic acids is 1. The van der Waals surface area contributed by atoms with Crippen molar-refractivity contribution in [3.05, 3.63) is 46.1 Å². The Hall–Kier alpha value is -3.03. The van der Waals surface area contributed by atoms with Crippen LogP contribution in [0.2, 0.25) is 0 Å². The minimum atomic E-state index is -0.749. The number of nitrogens with two attached hydrogens (primary N) is 2. The molecule has 0 radical (unpaired) electrons. The number of primary amides is 1. The Morgan fingerprint density at radius 3 is 2.63 bits per heavy atom. The van der Waals surface area contributed by atoms with Crippen LogP contribution in [0.25, 0.3) is 11.3 Å². The topological polar surface area (TPSA) is 138 Å². The van der Waals surface area contributed by atoms with Crippen LogP contribution in [0.15, 0.2) is 30.3 Å². The van der Waals surface area contributed by atoms with Crippen LogP contribution < -0.4 is 11.5 Å². The molecule has 0 fully saturated rings. The van der Waals surface area contributed by atoms with Crippen LogP contribution in [0.5, 0.6) is 0 Å². The third-order valence-corrected chi connectivity index (χ3v) is 2.35. The summed E-state index contributed by atoms with van der Waals surface area (Å²) in [7, 11) is 0. The normalized spacial score (nSPS) is 10.1. The Morgan fingerprint density at radius 2 is 2.00 bits per heavy atom. The second-order valence-electron chi connectivity index (χ2n) is 3.67. The third-order valence-electron chi connectivity index (χ3n) is 2.35. The largest absolute Gasteiger partial charge is 0.368 e. The summed E-state index contributed by atoms with van der Waals surface area (Å²) in [6, 6.07) is 7.13. The summed E-state index contributed by atoms with van der Waals surface area (Å²) in [6.45, 7) is 0. The number of carbonyl (C=O) groups is 1. The lowest BCUT2D eigenvalue weighted by Crippen LogP contribution is -2.15. The van der Waals surface area contributed by atoms with Gasteiger partial charge in [-0.1, -0.05) is 12.1 Å². The summed E-state index contributed by atoms with van der Waals surface area (Å²) in [4.78, 5) is 28.9. The maximum atomic E-state index is 11.1. The Balaban J connectivity index is 2.55. The fourth-order valence-electron chi connectivity index (χ4n) is 1.52. The molecule has 2 rings (SSSR count). The molecule has 0 bridgehead atoms. The lowest BCUT2D eigenvalue weighted by Gasteiger charge is -2.03. The quantitative estimate of drug-likeness (QED) is 0.615. The highest BCUT2D eigenvalue weighted by Gasteiger charge is 2.12. The molecular formula is C11H9N5O3. The van der Waals surface area contributed by atoms with Gasteiger partial charge in [-0.15, -0.1) is 0 Å². The molecule has 1 aromatic carbocycles. The van der Waals surface area contributed by atoms with Crippen LogP contribution in [-0.4, -0.2) is 20.8 Å². The van der Waals surface area contributed by atoms with Crippen molar-refractivity contribution in [2.24, 2.45) is 5.73 Å². The molecular weight excluding hydrogens is 250 g/mol. The number of nitro groups is 1. The molecule has 0 unspecified atom stereocenters. The Kier molecular flexibility index (Phi) is 3.06. The second-order valence-corrected chi connectivity index (χ2v) is 3.67. The Labute approximate surface area is 107 Å². The van der Waals surface area contributed by atoms with Crippen molar-refractivity contribution in [3.8, 4) is 11.3 Å². The molecule has 19 heavy (non-hydrogen) atoms. The number of anilines is 1. The number of nitrogen functional groups attached to an aromatic ring is 1. The van der Waals surface area contributed by atoms with Gasteiger partial charge in [0, 0.05) is 17.7 Å². The molecule has 0 aliphatic rings. The first kappa shape index (κ1) is 12.4. The molecule has 0 saturated heterocycles. The van der Waals surface area contributed by atoms with Crippen LogP contribution in [0.4, 0.5) is 11.6 Å². The lowest BCUT2D eigenvalue weighted by molar-refractivity contribution is -0.384. The molecule has 1 amide bonds. The van der Waals surface area contributed by atoms with Crippen molar-refractivity contribution in [2.75, 3.05) is 5.73 Å². The predicted octanol–water partition coefficient (Wildman–Crippen LogP) is 0.733. The zero-order valence-electron chi connectivity index (χ0n) is 9.61. The average Bonchev–Trinajstić information content (AvgIpc) is 2.38. The van der Waals surface area contributed by atoms with E-state index < -0.39 is 10.8 Å². The van der Waals surface area contributed by atoms with Crippen molar-refractivity contribution < 1.29 is 9.72 Å². The van der Waals surface area contributed by atoms with E-state index >= 15 is 0 Å². The van der Waals surface area contributed by atoms with E-state index in [2.05, 4.69) is 9.97 Å². The van der Waals surface area contributed by atoms with Crippen molar-refractivity contribution in [1.82, 2.24) is 9.97 Å². The van der Waals surface area contributed by atoms with Gasteiger partial charge in [0.15, 0.2) is 0 Å². The van der Waals surface area contributed by atoms with Gasteiger partial charge in [0.05, 0.1) is 10.6 Å². The molecule has 4 N–H and O–H groups in total. The number of aromatic nitrogens is 2. The molecule has 0 aliphatic carbocycles. The van der Waals surface area contributed by atoms with Crippen LogP contribution in [-0.2, 0) is 0 Å². The lowest BCUT2D eigenvalue weighted by atomic mass is 10.1. The highest BCUT2D eigenvalue weighted by Crippen LogP contribution is 2.23. The Morgan fingerprint density at radius 1 is 1.26 bits per heavy atom. The van der Waals surface area contributed by atoms with Gasteiger partial charge in [-0.25, -0.2) is 9.97 Å². The van der Waals surface area contributed by atoms with Crippen molar-refractivity contribution >= 4 is 17.5 Å². The smallest absolute Gasteiger partial charge is 0.270 e. The fraction of sp³-hybridized carbons (Fsp3) is 0. The molecule has 1 aromatic heterocycles. The first-order valence-electron chi connectivity index (χ1n) is 5.16. The summed E-state index contributed by atoms with van der Waals surface area (Å²) in [5.74, 6) is -0.876. The molecule has 8 nitrogen and oxygen atoms in total. The Bertz CT molecular complexity index is 671. The molecule has 2 aromatic rings. The minimum absolute atomic E-state index is 0.0472. The van der Waals surface area contributed by atoms with Gasteiger partial charge in [-0.2, -0.15) is 0 Å². The number of hydrogen-bond donors (Lipinski definition) is 2. The average molecular weight is 259 g/mol. The van der Waals surface area contributed by atoms with Crippen LogP contribution in [0, 0.1) is 10.1 Å². The minimum Gasteiger partial charge on any atom is -0.368 e.